The summed E-state index contributed by atoms with van der Waals surface area (Å²) in [6, 6.07) is 1.86. The highest BCUT2D eigenvalue weighted by molar-refractivity contribution is 7.05. The van der Waals surface area contributed by atoms with Crippen LogP contribution in [0.1, 0.15) is 41.1 Å². The summed E-state index contributed by atoms with van der Waals surface area (Å²) in [5, 5.41) is 4.01. The Balaban J connectivity index is 2.53. The fourth-order valence-electron chi connectivity index (χ4n) is 2.08. The summed E-state index contributed by atoms with van der Waals surface area (Å²) < 4.78 is 32.1. The number of hydrazine groups is 1. The zero-order valence-corrected chi connectivity index (χ0v) is 12.1. The van der Waals surface area contributed by atoms with Gasteiger partial charge < -0.3 is 0 Å². The summed E-state index contributed by atoms with van der Waals surface area (Å²) in [6.45, 7) is 3.59. The van der Waals surface area contributed by atoms with Gasteiger partial charge in [-0.25, -0.2) is 14.2 Å². The van der Waals surface area contributed by atoms with E-state index in [0.29, 0.717) is 16.9 Å². The molecule has 0 amide bonds. The Morgan fingerprint density at radius 2 is 2.15 bits per heavy atom. The third-order valence-corrected chi connectivity index (χ3v) is 3.94. The van der Waals surface area contributed by atoms with Gasteiger partial charge in [0, 0.05) is 5.56 Å². The molecule has 2 rings (SSSR count). The van der Waals surface area contributed by atoms with Gasteiger partial charge in [-0.2, -0.15) is 0 Å². The Kier molecular flexibility index (Phi) is 4.74. The number of hydrogen-bond donors (Lipinski definition) is 2. The van der Waals surface area contributed by atoms with Gasteiger partial charge in [0.1, 0.15) is 11.6 Å². The molecule has 0 fully saturated rings. The molecule has 108 valence electrons. The van der Waals surface area contributed by atoms with Crippen LogP contribution in [0.5, 0.6) is 0 Å². The van der Waals surface area contributed by atoms with E-state index in [0.717, 1.165) is 23.6 Å². The molecule has 1 heterocycles. The van der Waals surface area contributed by atoms with Crippen molar-refractivity contribution in [1.82, 2.24) is 15.0 Å². The Bertz CT molecular complexity index is 600. The quantitative estimate of drug-likeness (QED) is 0.658. The fourth-order valence-corrected chi connectivity index (χ4v) is 2.84. The number of aromatic nitrogens is 2. The van der Waals surface area contributed by atoms with Crippen molar-refractivity contribution in [2.45, 2.75) is 32.7 Å². The van der Waals surface area contributed by atoms with Crippen LogP contribution in [0.4, 0.5) is 8.78 Å². The van der Waals surface area contributed by atoms with Crippen LogP contribution in [0.2, 0.25) is 0 Å². The molecule has 0 spiro atoms. The minimum atomic E-state index is -0.781. The number of aryl methyl sites for hydroxylation is 2. The molecule has 4 nitrogen and oxygen atoms in total. The second-order valence-corrected chi connectivity index (χ2v) is 5.31. The summed E-state index contributed by atoms with van der Waals surface area (Å²) in [4.78, 5) is 0.651. The van der Waals surface area contributed by atoms with Crippen LogP contribution in [-0.4, -0.2) is 9.59 Å². The third-order valence-electron chi connectivity index (χ3n) is 3.11. The van der Waals surface area contributed by atoms with Crippen molar-refractivity contribution in [1.29, 1.82) is 0 Å². The minimum absolute atomic E-state index is 0.0871. The van der Waals surface area contributed by atoms with Gasteiger partial charge >= 0.3 is 0 Å². The summed E-state index contributed by atoms with van der Waals surface area (Å²) in [5.74, 6) is 4.29. The predicted molar refractivity (Wildman–Crippen MR) is 74.2 cm³/mol. The van der Waals surface area contributed by atoms with Crippen molar-refractivity contribution >= 4 is 11.5 Å². The predicted octanol–water partition coefficient (Wildman–Crippen LogP) is 2.63. The number of benzene rings is 1. The van der Waals surface area contributed by atoms with Gasteiger partial charge in [0.25, 0.3) is 0 Å². The van der Waals surface area contributed by atoms with Crippen molar-refractivity contribution in [2.24, 2.45) is 5.84 Å². The van der Waals surface area contributed by atoms with E-state index in [2.05, 4.69) is 15.0 Å². The van der Waals surface area contributed by atoms with Gasteiger partial charge in [-0.05, 0) is 36.5 Å². The summed E-state index contributed by atoms with van der Waals surface area (Å²) in [6.07, 6.45) is 1.56. The molecule has 0 aliphatic carbocycles. The van der Waals surface area contributed by atoms with Gasteiger partial charge in [0.05, 0.1) is 16.6 Å². The molecule has 0 saturated heterocycles. The first kappa shape index (κ1) is 15.0. The van der Waals surface area contributed by atoms with Crippen molar-refractivity contribution in [3.05, 3.63) is 45.5 Å². The van der Waals surface area contributed by atoms with Crippen LogP contribution < -0.4 is 11.3 Å². The van der Waals surface area contributed by atoms with Crippen LogP contribution in [0, 0.1) is 18.6 Å². The van der Waals surface area contributed by atoms with Gasteiger partial charge in [-0.15, -0.1) is 5.10 Å². The largest absolute Gasteiger partial charge is 0.271 e. The number of nitrogens with one attached hydrogen (secondary N) is 1. The Morgan fingerprint density at radius 1 is 1.40 bits per heavy atom. The first-order valence-corrected chi connectivity index (χ1v) is 7.09. The maximum Gasteiger partial charge on any atom is 0.134 e. The van der Waals surface area contributed by atoms with Gasteiger partial charge in [-0.1, -0.05) is 23.9 Å². The highest BCUT2D eigenvalue weighted by atomic mass is 32.1. The number of nitrogens with zero attached hydrogens (tertiary/aromatic N) is 2. The van der Waals surface area contributed by atoms with Gasteiger partial charge in [0.15, 0.2) is 0 Å². The topological polar surface area (TPSA) is 63.8 Å². The maximum absolute atomic E-state index is 14.2. The lowest BCUT2D eigenvalue weighted by molar-refractivity contribution is 0.507. The standard InChI is InChI=1S/C13H16F2N4S/c1-3-4-9-13(20-19-18-9)12(17-16)10-8(14)6-5-7(2)11(10)15/h5-6,12,17H,3-4,16H2,1-2H3. The zero-order valence-electron chi connectivity index (χ0n) is 11.3. The van der Waals surface area contributed by atoms with Crippen molar-refractivity contribution in [3.8, 4) is 0 Å². The molecule has 0 saturated carbocycles. The molecular formula is C13H16F2N4S. The Labute approximate surface area is 120 Å². The molecular weight excluding hydrogens is 282 g/mol. The van der Waals surface area contributed by atoms with E-state index < -0.39 is 17.7 Å². The van der Waals surface area contributed by atoms with E-state index in [9.17, 15) is 8.78 Å². The zero-order chi connectivity index (χ0) is 14.7. The Morgan fingerprint density at radius 3 is 2.80 bits per heavy atom. The normalized spacial score (nSPS) is 12.7. The molecule has 0 bridgehead atoms. The molecule has 3 N–H and O–H groups in total. The lowest BCUT2D eigenvalue weighted by atomic mass is 10.00. The minimum Gasteiger partial charge on any atom is -0.271 e. The molecule has 1 aromatic heterocycles. The van der Waals surface area contributed by atoms with Crippen LogP contribution in [-0.2, 0) is 6.42 Å². The molecule has 20 heavy (non-hydrogen) atoms. The van der Waals surface area contributed by atoms with E-state index >= 15 is 0 Å². The molecule has 1 atom stereocenters. The maximum atomic E-state index is 14.2. The highest BCUT2D eigenvalue weighted by Crippen LogP contribution is 2.31. The van der Waals surface area contributed by atoms with E-state index in [1.165, 1.54) is 12.1 Å². The van der Waals surface area contributed by atoms with E-state index in [-0.39, 0.29) is 5.56 Å². The fraction of sp³-hybridized carbons (Fsp3) is 0.385. The number of hydrogen-bond acceptors (Lipinski definition) is 5. The first-order valence-electron chi connectivity index (χ1n) is 6.31. The smallest absolute Gasteiger partial charge is 0.134 e. The van der Waals surface area contributed by atoms with Crippen LogP contribution in [0.25, 0.3) is 0 Å². The molecule has 0 aliphatic heterocycles. The summed E-state index contributed by atoms with van der Waals surface area (Å²) in [5.41, 5.74) is 3.49. The SMILES string of the molecule is CCCc1nnsc1C(NN)c1c(F)ccc(C)c1F. The lowest BCUT2D eigenvalue weighted by Gasteiger charge is -2.18. The van der Waals surface area contributed by atoms with Crippen LogP contribution in [0.15, 0.2) is 12.1 Å². The molecule has 1 aromatic carbocycles. The Hall–Kier alpha value is -1.44. The van der Waals surface area contributed by atoms with Crippen LogP contribution in [0.3, 0.4) is 0 Å². The van der Waals surface area contributed by atoms with E-state index in [4.69, 9.17) is 5.84 Å². The highest BCUT2D eigenvalue weighted by Gasteiger charge is 2.26. The van der Waals surface area contributed by atoms with Crippen molar-refractivity contribution < 1.29 is 8.78 Å². The number of halogens is 2. The second kappa shape index (κ2) is 6.34. The second-order valence-electron chi connectivity index (χ2n) is 4.53. The molecule has 0 aliphatic rings. The average Bonchev–Trinajstić information content (AvgIpc) is 2.88. The van der Waals surface area contributed by atoms with E-state index in [1.807, 2.05) is 6.92 Å². The molecule has 1 unspecified atom stereocenters. The third kappa shape index (κ3) is 2.70. The monoisotopic (exact) mass is 298 g/mol. The van der Waals surface area contributed by atoms with Crippen molar-refractivity contribution in [3.63, 3.8) is 0 Å². The first-order chi connectivity index (χ1) is 9.60. The van der Waals surface area contributed by atoms with Gasteiger partial charge in [-0.3, -0.25) is 5.84 Å². The summed E-state index contributed by atoms with van der Waals surface area (Å²) >= 11 is 1.10. The number of rotatable bonds is 5. The van der Waals surface area contributed by atoms with Crippen molar-refractivity contribution in [2.75, 3.05) is 0 Å². The van der Waals surface area contributed by atoms with Gasteiger partial charge in [0.2, 0.25) is 0 Å². The van der Waals surface area contributed by atoms with Crippen LogP contribution >= 0.6 is 11.5 Å². The van der Waals surface area contributed by atoms with E-state index in [1.54, 1.807) is 6.92 Å². The summed E-state index contributed by atoms with van der Waals surface area (Å²) in [7, 11) is 0. The molecule has 7 heteroatoms. The molecule has 2 aromatic rings. The average molecular weight is 298 g/mol. The number of nitrogens with two attached hydrogens (primary N) is 1. The molecule has 0 radical (unpaired) electrons. The lowest BCUT2D eigenvalue weighted by Crippen LogP contribution is -2.30.